The normalized spacial score (nSPS) is 12.4. The fourth-order valence-corrected chi connectivity index (χ4v) is 1.96. The van der Waals surface area contributed by atoms with Crippen LogP contribution in [0.2, 0.25) is 0 Å². The lowest BCUT2D eigenvalue weighted by atomic mass is 10.1. The molecule has 1 amide bonds. The Hall–Kier alpha value is -2.04. The Morgan fingerprint density at radius 1 is 1.37 bits per heavy atom. The second-order valence-electron chi connectivity index (χ2n) is 4.72. The van der Waals surface area contributed by atoms with Crippen LogP contribution in [-0.4, -0.2) is 11.1 Å². The van der Waals surface area contributed by atoms with Gasteiger partial charge in [-0.1, -0.05) is 5.16 Å². The SMILES string of the molecule is Cc1ccc(C(C)NC(=O)Cc2c(C)noc2C)o1. The molecule has 0 aromatic carbocycles. The Bertz CT molecular complexity index is 564. The molecule has 1 N–H and O–H groups in total. The van der Waals surface area contributed by atoms with Crippen LogP contribution in [0.1, 0.15) is 41.5 Å². The van der Waals surface area contributed by atoms with Gasteiger partial charge in [0.15, 0.2) is 0 Å². The maximum absolute atomic E-state index is 12.0. The van der Waals surface area contributed by atoms with Crippen molar-refractivity contribution in [1.29, 1.82) is 0 Å². The summed E-state index contributed by atoms with van der Waals surface area (Å²) in [7, 11) is 0. The van der Waals surface area contributed by atoms with E-state index >= 15 is 0 Å². The van der Waals surface area contributed by atoms with Crippen molar-refractivity contribution in [1.82, 2.24) is 10.5 Å². The van der Waals surface area contributed by atoms with E-state index in [1.165, 1.54) is 0 Å². The number of amides is 1. The van der Waals surface area contributed by atoms with Crippen LogP contribution in [0.25, 0.3) is 0 Å². The molecule has 5 nitrogen and oxygen atoms in total. The third-order valence-corrected chi connectivity index (χ3v) is 3.08. The first-order chi connectivity index (χ1) is 8.97. The summed E-state index contributed by atoms with van der Waals surface area (Å²) in [4.78, 5) is 12.0. The first-order valence-electron chi connectivity index (χ1n) is 6.25. The lowest BCUT2D eigenvalue weighted by Gasteiger charge is -2.11. The number of carbonyl (C=O) groups excluding carboxylic acids is 1. The summed E-state index contributed by atoms with van der Waals surface area (Å²) in [6.07, 6.45) is 0.269. The second-order valence-corrected chi connectivity index (χ2v) is 4.72. The molecule has 19 heavy (non-hydrogen) atoms. The van der Waals surface area contributed by atoms with E-state index in [1.807, 2.05) is 39.8 Å². The number of hydrogen-bond donors (Lipinski definition) is 1. The molecule has 102 valence electrons. The van der Waals surface area contributed by atoms with Crippen LogP contribution in [0.4, 0.5) is 0 Å². The van der Waals surface area contributed by atoms with E-state index in [2.05, 4.69) is 10.5 Å². The highest BCUT2D eigenvalue weighted by molar-refractivity contribution is 5.79. The van der Waals surface area contributed by atoms with E-state index in [1.54, 1.807) is 0 Å². The molecule has 1 unspecified atom stereocenters. The van der Waals surface area contributed by atoms with E-state index in [-0.39, 0.29) is 18.4 Å². The van der Waals surface area contributed by atoms with E-state index in [0.29, 0.717) is 5.76 Å². The largest absolute Gasteiger partial charge is 0.464 e. The average Bonchev–Trinajstić information content (AvgIpc) is 2.90. The highest BCUT2D eigenvalue weighted by Crippen LogP contribution is 2.17. The van der Waals surface area contributed by atoms with Crippen molar-refractivity contribution in [2.75, 3.05) is 0 Å². The third-order valence-electron chi connectivity index (χ3n) is 3.08. The topological polar surface area (TPSA) is 68.3 Å². The number of aryl methyl sites for hydroxylation is 3. The Morgan fingerprint density at radius 3 is 2.63 bits per heavy atom. The molecule has 1 atom stereocenters. The number of rotatable bonds is 4. The number of furan rings is 1. The van der Waals surface area contributed by atoms with Gasteiger partial charge in [0.05, 0.1) is 18.2 Å². The molecule has 2 rings (SSSR count). The van der Waals surface area contributed by atoms with Crippen LogP contribution < -0.4 is 5.32 Å². The minimum absolute atomic E-state index is 0.0732. The maximum atomic E-state index is 12.0. The van der Waals surface area contributed by atoms with Crippen molar-refractivity contribution in [2.24, 2.45) is 0 Å². The zero-order valence-corrected chi connectivity index (χ0v) is 11.6. The van der Waals surface area contributed by atoms with Gasteiger partial charge in [0.25, 0.3) is 0 Å². The summed E-state index contributed by atoms with van der Waals surface area (Å²) >= 11 is 0. The summed E-state index contributed by atoms with van der Waals surface area (Å²) in [6.45, 7) is 7.41. The minimum Gasteiger partial charge on any atom is -0.464 e. The van der Waals surface area contributed by atoms with E-state index in [9.17, 15) is 4.79 Å². The number of aromatic nitrogens is 1. The number of hydrogen-bond acceptors (Lipinski definition) is 4. The Morgan fingerprint density at radius 2 is 2.11 bits per heavy atom. The average molecular weight is 262 g/mol. The van der Waals surface area contributed by atoms with Gasteiger partial charge < -0.3 is 14.3 Å². The summed E-state index contributed by atoms with van der Waals surface area (Å²) in [5.74, 6) is 2.21. The van der Waals surface area contributed by atoms with Gasteiger partial charge >= 0.3 is 0 Å². The van der Waals surface area contributed by atoms with Crippen LogP contribution in [0.5, 0.6) is 0 Å². The molecule has 0 aliphatic carbocycles. The fraction of sp³-hybridized carbons (Fsp3) is 0.429. The van der Waals surface area contributed by atoms with Gasteiger partial charge in [0.2, 0.25) is 5.91 Å². The van der Waals surface area contributed by atoms with Crippen LogP contribution in [0, 0.1) is 20.8 Å². The molecule has 0 saturated heterocycles. The van der Waals surface area contributed by atoms with Crippen molar-refractivity contribution in [3.63, 3.8) is 0 Å². The molecule has 0 aliphatic heterocycles. The summed E-state index contributed by atoms with van der Waals surface area (Å²) < 4.78 is 10.5. The third kappa shape index (κ3) is 3.05. The van der Waals surface area contributed by atoms with Crippen LogP contribution >= 0.6 is 0 Å². The molecule has 0 fully saturated rings. The quantitative estimate of drug-likeness (QED) is 0.919. The summed E-state index contributed by atoms with van der Waals surface area (Å²) in [6, 6.07) is 3.60. The lowest BCUT2D eigenvalue weighted by molar-refractivity contribution is -0.121. The van der Waals surface area contributed by atoms with Gasteiger partial charge in [0, 0.05) is 5.56 Å². The predicted molar refractivity (Wildman–Crippen MR) is 69.7 cm³/mol. The molecule has 0 radical (unpaired) electrons. The van der Waals surface area contributed by atoms with Gasteiger partial charge in [-0.2, -0.15) is 0 Å². The summed E-state index contributed by atoms with van der Waals surface area (Å²) in [5, 5.41) is 6.74. The Labute approximate surface area is 112 Å². The van der Waals surface area contributed by atoms with E-state index in [0.717, 1.165) is 22.8 Å². The zero-order chi connectivity index (χ0) is 14.0. The molecule has 2 heterocycles. The standard InChI is InChI=1S/C14H18N2O3/c1-8-5-6-13(18-8)10(3)15-14(17)7-12-9(2)16-19-11(12)4/h5-6,10H,7H2,1-4H3,(H,15,17). The predicted octanol–water partition coefficient (Wildman–Crippen LogP) is 2.61. The van der Waals surface area contributed by atoms with Crippen molar-refractivity contribution in [3.8, 4) is 0 Å². The first kappa shape index (κ1) is 13.4. The molecule has 2 aromatic rings. The van der Waals surface area contributed by atoms with Crippen molar-refractivity contribution in [2.45, 2.75) is 40.2 Å². The van der Waals surface area contributed by atoms with Gasteiger partial charge in [-0.05, 0) is 39.8 Å². The first-order valence-corrected chi connectivity index (χ1v) is 6.25. The molecular formula is C14H18N2O3. The van der Waals surface area contributed by atoms with Gasteiger partial charge in [-0.15, -0.1) is 0 Å². The second kappa shape index (κ2) is 5.30. The fourth-order valence-electron chi connectivity index (χ4n) is 1.96. The maximum Gasteiger partial charge on any atom is 0.225 e. The summed E-state index contributed by atoms with van der Waals surface area (Å²) in [5.41, 5.74) is 1.61. The van der Waals surface area contributed by atoms with Gasteiger partial charge in [-0.3, -0.25) is 4.79 Å². The molecule has 0 saturated carbocycles. The van der Waals surface area contributed by atoms with Crippen molar-refractivity contribution >= 4 is 5.91 Å². The molecule has 2 aromatic heterocycles. The molecule has 0 aliphatic rings. The Balaban J connectivity index is 1.98. The van der Waals surface area contributed by atoms with Crippen molar-refractivity contribution in [3.05, 3.63) is 40.7 Å². The van der Waals surface area contributed by atoms with Gasteiger partial charge in [-0.25, -0.2) is 0 Å². The monoisotopic (exact) mass is 262 g/mol. The highest BCUT2D eigenvalue weighted by Gasteiger charge is 2.16. The van der Waals surface area contributed by atoms with Crippen LogP contribution in [0.3, 0.4) is 0 Å². The van der Waals surface area contributed by atoms with E-state index < -0.39 is 0 Å². The smallest absolute Gasteiger partial charge is 0.225 e. The number of nitrogens with zero attached hydrogens (tertiary/aromatic N) is 1. The Kier molecular flexibility index (Phi) is 3.74. The molecular weight excluding hydrogens is 244 g/mol. The minimum atomic E-state index is -0.151. The molecule has 5 heteroatoms. The molecule has 0 bridgehead atoms. The lowest BCUT2D eigenvalue weighted by Crippen LogP contribution is -2.28. The van der Waals surface area contributed by atoms with Crippen LogP contribution in [-0.2, 0) is 11.2 Å². The molecule has 0 spiro atoms. The number of carbonyl (C=O) groups is 1. The van der Waals surface area contributed by atoms with E-state index in [4.69, 9.17) is 8.94 Å². The van der Waals surface area contributed by atoms with Crippen molar-refractivity contribution < 1.29 is 13.7 Å². The number of nitrogens with one attached hydrogen (secondary N) is 1. The highest BCUT2D eigenvalue weighted by atomic mass is 16.5. The van der Waals surface area contributed by atoms with Gasteiger partial charge in [0.1, 0.15) is 17.3 Å². The zero-order valence-electron chi connectivity index (χ0n) is 11.6. The van der Waals surface area contributed by atoms with Crippen LogP contribution in [0.15, 0.2) is 21.1 Å².